The minimum Gasteiger partial charge on any atom is -0.493 e. The highest BCUT2D eigenvalue weighted by Crippen LogP contribution is 2.39. The number of methoxy groups -OCH3 is 2. The van der Waals surface area contributed by atoms with E-state index in [-0.39, 0.29) is 18.1 Å². The zero-order chi connectivity index (χ0) is 26.4. The number of carbonyl (C=O) groups excluding carboxylic acids is 1. The molecule has 7 heteroatoms. The summed E-state index contributed by atoms with van der Waals surface area (Å²) < 4.78 is 22.8. The lowest BCUT2D eigenvalue weighted by Crippen LogP contribution is -2.29. The Hall–Kier alpha value is -4.44. The Morgan fingerprint density at radius 2 is 1.68 bits per heavy atom. The number of nitriles is 1. The second kappa shape index (κ2) is 11.5. The van der Waals surface area contributed by atoms with E-state index in [0.717, 1.165) is 29.0 Å². The molecule has 0 atom stereocenters. The van der Waals surface area contributed by atoms with Gasteiger partial charge < -0.3 is 23.8 Å². The average molecular weight is 499 g/mol. The van der Waals surface area contributed by atoms with Crippen LogP contribution in [0.5, 0.6) is 23.0 Å². The molecular weight excluding hydrogens is 468 g/mol. The zero-order valence-corrected chi connectivity index (χ0v) is 21.5. The number of rotatable bonds is 9. The quantitative estimate of drug-likeness (QED) is 0.227. The SMILES string of the molecule is COc1cc(/C=C(\C#N)C(=O)N2CCc3ccccc32)cc(OC)c1OCCOc1ccc(C)c(C)c1. The van der Waals surface area contributed by atoms with Gasteiger partial charge in [-0.05, 0) is 78.9 Å². The third kappa shape index (κ3) is 5.70. The summed E-state index contributed by atoms with van der Waals surface area (Å²) in [6.45, 7) is 5.24. The predicted octanol–water partition coefficient (Wildman–Crippen LogP) is 5.27. The number of aryl methyl sites for hydroxylation is 2. The molecule has 7 nitrogen and oxygen atoms in total. The molecule has 0 N–H and O–H groups in total. The fourth-order valence-corrected chi connectivity index (χ4v) is 4.24. The Kier molecular flexibility index (Phi) is 7.99. The highest BCUT2D eigenvalue weighted by molar-refractivity contribution is 6.12. The monoisotopic (exact) mass is 498 g/mol. The van der Waals surface area contributed by atoms with Crippen LogP contribution in [-0.4, -0.2) is 39.9 Å². The number of para-hydroxylation sites is 1. The molecule has 0 aromatic heterocycles. The predicted molar refractivity (Wildman–Crippen MR) is 143 cm³/mol. The topological polar surface area (TPSA) is 81.0 Å². The normalized spacial score (nSPS) is 12.5. The number of carbonyl (C=O) groups is 1. The summed E-state index contributed by atoms with van der Waals surface area (Å²) in [4.78, 5) is 14.8. The number of benzene rings is 3. The van der Waals surface area contributed by atoms with Gasteiger partial charge in [0.05, 0.1) is 14.2 Å². The van der Waals surface area contributed by atoms with Gasteiger partial charge >= 0.3 is 0 Å². The van der Waals surface area contributed by atoms with Gasteiger partial charge in [0.1, 0.15) is 30.6 Å². The first-order valence-corrected chi connectivity index (χ1v) is 12.1. The van der Waals surface area contributed by atoms with Crippen molar-refractivity contribution in [1.82, 2.24) is 0 Å². The standard InChI is InChI=1S/C30H30N2O5/c1-20-9-10-25(15-21(20)2)36-13-14-37-29-27(34-3)17-22(18-28(29)35-4)16-24(19-31)30(33)32-12-11-23-7-5-6-8-26(23)32/h5-10,15-18H,11-14H2,1-4H3/b24-16+. The van der Waals surface area contributed by atoms with E-state index in [1.807, 2.05) is 49.4 Å². The van der Waals surface area contributed by atoms with Gasteiger partial charge in [-0.2, -0.15) is 5.26 Å². The van der Waals surface area contributed by atoms with Gasteiger partial charge in [-0.1, -0.05) is 24.3 Å². The molecule has 1 amide bonds. The van der Waals surface area contributed by atoms with Crippen molar-refractivity contribution >= 4 is 17.7 Å². The lowest BCUT2D eigenvalue weighted by Gasteiger charge is -2.17. The van der Waals surface area contributed by atoms with Crippen molar-refractivity contribution in [3.05, 3.63) is 82.4 Å². The number of anilines is 1. The van der Waals surface area contributed by atoms with E-state index in [4.69, 9.17) is 18.9 Å². The molecule has 0 unspecified atom stereocenters. The van der Waals surface area contributed by atoms with Gasteiger partial charge in [-0.25, -0.2) is 0 Å². The van der Waals surface area contributed by atoms with Gasteiger partial charge in [0.15, 0.2) is 11.5 Å². The number of ether oxygens (including phenoxy) is 4. The summed E-state index contributed by atoms with van der Waals surface area (Å²) in [6, 6.07) is 19.2. The van der Waals surface area contributed by atoms with Crippen LogP contribution < -0.4 is 23.8 Å². The Balaban J connectivity index is 1.50. The van der Waals surface area contributed by atoms with Crippen LogP contribution in [-0.2, 0) is 11.2 Å². The molecule has 190 valence electrons. The van der Waals surface area contributed by atoms with Crippen molar-refractivity contribution in [2.24, 2.45) is 0 Å². The molecule has 1 heterocycles. The Bertz CT molecular complexity index is 1350. The summed E-state index contributed by atoms with van der Waals surface area (Å²) in [6.07, 6.45) is 2.31. The van der Waals surface area contributed by atoms with Crippen molar-refractivity contribution in [3.63, 3.8) is 0 Å². The minimum absolute atomic E-state index is 0.0243. The highest BCUT2D eigenvalue weighted by Gasteiger charge is 2.27. The summed E-state index contributed by atoms with van der Waals surface area (Å²) in [7, 11) is 3.05. The number of fused-ring (bicyclic) bond motifs is 1. The molecule has 3 aromatic rings. The zero-order valence-electron chi connectivity index (χ0n) is 21.5. The molecule has 0 radical (unpaired) electrons. The molecule has 0 spiro atoms. The molecule has 0 saturated carbocycles. The molecule has 4 rings (SSSR count). The van der Waals surface area contributed by atoms with E-state index >= 15 is 0 Å². The average Bonchev–Trinajstić information content (AvgIpc) is 3.35. The van der Waals surface area contributed by atoms with E-state index in [1.54, 1.807) is 23.1 Å². The van der Waals surface area contributed by atoms with Crippen LogP contribution in [0.1, 0.15) is 22.3 Å². The first kappa shape index (κ1) is 25.6. The largest absolute Gasteiger partial charge is 0.493 e. The van der Waals surface area contributed by atoms with E-state index in [0.29, 0.717) is 36.0 Å². The first-order chi connectivity index (χ1) is 17.9. The third-order valence-corrected chi connectivity index (χ3v) is 6.35. The van der Waals surface area contributed by atoms with Gasteiger partial charge in [0.2, 0.25) is 5.75 Å². The number of hydrogen-bond donors (Lipinski definition) is 0. The van der Waals surface area contributed by atoms with Crippen LogP contribution in [0, 0.1) is 25.2 Å². The van der Waals surface area contributed by atoms with Gasteiger partial charge in [0.25, 0.3) is 5.91 Å². The van der Waals surface area contributed by atoms with Crippen molar-refractivity contribution in [2.75, 3.05) is 38.9 Å². The van der Waals surface area contributed by atoms with Crippen molar-refractivity contribution in [2.45, 2.75) is 20.3 Å². The van der Waals surface area contributed by atoms with Gasteiger partial charge in [-0.3, -0.25) is 4.79 Å². The fourth-order valence-electron chi connectivity index (χ4n) is 4.24. The summed E-state index contributed by atoms with van der Waals surface area (Å²) >= 11 is 0. The second-order valence-electron chi connectivity index (χ2n) is 8.70. The number of nitrogens with zero attached hydrogens (tertiary/aromatic N) is 2. The van der Waals surface area contributed by atoms with Crippen LogP contribution in [0.2, 0.25) is 0 Å². The molecule has 3 aromatic carbocycles. The van der Waals surface area contributed by atoms with E-state index in [2.05, 4.69) is 13.0 Å². The maximum atomic E-state index is 13.2. The first-order valence-electron chi connectivity index (χ1n) is 12.1. The van der Waals surface area contributed by atoms with E-state index < -0.39 is 0 Å². The van der Waals surface area contributed by atoms with Crippen LogP contribution in [0.25, 0.3) is 6.08 Å². The second-order valence-corrected chi connectivity index (χ2v) is 8.70. The molecule has 37 heavy (non-hydrogen) atoms. The van der Waals surface area contributed by atoms with Crippen molar-refractivity contribution in [1.29, 1.82) is 5.26 Å². The molecule has 1 aliphatic rings. The Morgan fingerprint density at radius 3 is 2.35 bits per heavy atom. The van der Waals surface area contributed by atoms with Crippen molar-refractivity contribution in [3.8, 4) is 29.1 Å². The molecular formula is C30H30N2O5. The fraction of sp³-hybridized carbons (Fsp3) is 0.267. The maximum absolute atomic E-state index is 13.2. The minimum atomic E-state index is -0.339. The molecule has 0 aliphatic carbocycles. The summed E-state index contributed by atoms with van der Waals surface area (Å²) in [5.74, 6) is 1.71. The molecule has 1 aliphatic heterocycles. The van der Waals surface area contributed by atoms with Crippen LogP contribution in [0.15, 0.2) is 60.2 Å². The van der Waals surface area contributed by atoms with Gasteiger partial charge in [-0.15, -0.1) is 0 Å². The molecule has 0 fully saturated rings. The van der Waals surface area contributed by atoms with E-state index in [1.165, 1.54) is 19.8 Å². The van der Waals surface area contributed by atoms with Gasteiger partial charge in [0, 0.05) is 12.2 Å². The maximum Gasteiger partial charge on any atom is 0.268 e. The number of amides is 1. The summed E-state index contributed by atoms with van der Waals surface area (Å²) in [5.41, 5.74) is 4.92. The Labute approximate surface area is 217 Å². The third-order valence-electron chi connectivity index (χ3n) is 6.35. The van der Waals surface area contributed by atoms with Crippen LogP contribution in [0.4, 0.5) is 5.69 Å². The van der Waals surface area contributed by atoms with E-state index in [9.17, 15) is 10.1 Å². The van der Waals surface area contributed by atoms with Crippen LogP contribution in [0.3, 0.4) is 0 Å². The van der Waals surface area contributed by atoms with Crippen molar-refractivity contribution < 1.29 is 23.7 Å². The highest BCUT2D eigenvalue weighted by atomic mass is 16.6. The van der Waals surface area contributed by atoms with Crippen LogP contribution >= 0.6 is 0 Å². The lowest BCUT2D eigenvalue weighted by atomic mass is 10.1. The Morgan fingerprint density at radius 1 is 0.973 bits per heavy atom. The molecule has 0 bridgehead atoms. The smallest absolute Gasteiger partial charge is 0.268 e. The number of hydrogen-bond acceptors (Lipinski definition) is 6. The summed E-state index contributed by atoms with van der Waals surface area (Å²) in [5, 5.41) is 9.78. The molecule has 0 saturated heterocycles. The lowest BCUT2D eigenvalue weighted by molar-refractivity contribution is -0.114.